The zero-order valence-electron chi connectivity index (χ0n) is 40.3. The maximum atomic E-state index is 6.15. The predicted octanol–water partition coefficient (Wildman–Crippen LogP) is 10.0. The van der Waals surface area contributed by atoms with Crippen molar-refractivity contribution in [2.75, 3.05) is 52.4 Å². The molecule has 0 aliphatic carbocycles. The molecule has 3 aliphatic heterocycles. The van der Waals surface area contributed by atoms with Gasteiger partial charge in [-0.05, 0) is 135 Å². The molecule has 8 radical (unpaired) electrons. The number of rotatable bonds is 4. The van der Waals surface area contributed by atoms with Crippen LogP contribution < -0.4 is 0 Å². The van der Waals surface area contributed by atoms with Crippen LogP contribution in [-0.4, -0.2) is 125 Å². The molecule has 0 N–H and O–H groups in total. The minimum absolute atomic E-state index is 0.00394. The normalized spacial score (nSPS) is 21.1. The first-order valence-corrected chi connectivity index (χ1v) is 21.6. The number of likely N-dealkylation sites (tertiary alicyclic amines) is 2. The standard InChI is InChI=1S/C13H19B.C12H24BN.C11H23BN2.C11H22BN/c1-12(2,3)10-6-8-11(9-7-10)13(4,5)14;1-11(2,3)14-8-6-10(7-9-14)12(4,5)13;1-10(2,3)13-6-8-14(9-7-13)11(4,5)12;1-10(2,3)13-7-6-9(8-13)11(4,5)12/h6-9H,1-5H3;10H,6-9H2,1-5H3;6-9H2,1-5H3;9H,6-8H2,1-5H3. The van der Waals surface area contributed by atoms with Crippen molar-refractivity contribution in [3.63, 3.8) is 0 Å². The third-order valence-corrected chi connectivity index (χ3v) is 12.2. The summed E-state index contributed by atoms with van der Waals surface area (Å²) in [6, 6.07) is 8.59. The molecular formula is C47H88B4N4. The van der Waals surface area contributed by atoms with Crippen molar-refractivity contribution >= 4 is 31.4 Å². The van der Waals surface area contributed by atoms with E-state index in [0.29, 0.717) is 28.5 Å². The summed E-state index contributed by atoms with van der Waals surface area (Å²) in [5.41, 5.74) is 3.52. The van der Waals surface area contributed by atoms with Gasteiger partial charge in [-0.2, -0.15) is 0 Å². The van der Waals surface area contributed by atoms with Crippen molar-refractivity contribution in [1.29, 1.82) is 0 Å². The highest BCUT2D eigenvalue weighted by molar-refractivity contribution is 6.15. The number of hydrogen-bond donors (Lipinski definition) is 0. The number of nitrogens with zero attached hydrogens (tertiary/aromatic N) is 4. The van der Waals surface area contributed by atoms with Crippen LogP contribution >= 0.6 is 0 Å². The quantitative estimate of drug-likeness (QED) is 0.284. The van der Waals surface area contributed by atoms with Crippen LogP contribution in [0.1, 0.15) is 169 Å². The summed E-state index contributed by atoms with van der Waals surface area (Å²) >= 11 is 0. The van der Waals surface area contributed by atoms with Crippen LogP contribution in [0.3, 0.4) is 0 Å². The summed E-state index contributed by atoms with van der Waals surface area (Å²) in [6.45, 7) is 53.2. The van der Waals surface area contributed by atoms with Gasteiger partial charge in [0.25, 0.3) is 0 Å². The van der Waals surface area contributed by atoms with Crippen molar-refractivity contribution in [1.82, 2.24) is 19.6 Å². The number of piperidine rings is 1. The van der Waals surface area contributed by atoms with Crippen LogP contribution in [0.2, 0.25) is 10.6 Å². The Labute approximate surface area is 350 Å². The Hall–Kier alpha value is -0.680. The molecule has 0 amide bonds. The van der Waals surface area contributed by atoms with E-state index in [0.717, 1.165) is 32.7 Å². The van der Waals surface area contributed by atoms with Gasteiger partial charge in [-0.1, -0.05) is 117 Å². The van der Waals surface area contributed by atoms with Gasteiger partial charge in [-0.15, -0.1) is 0 Å². The minimum Gasteiger partial charge on any atom is -0.304 e. The SMILES string of the molecule is [B]C(C)(C)C1CCN(C(C)(C)C)C1.[B]C(C)(C)C1CCN(C(C)(C)C)CC1.[B]C(C)(C)N1CCN(C(C)(C)C)CC1.[B]C(C)(C)c1ccc(C(C)(C)C)cc1. The summed E-state index contributed by atoms with van der Waals surface area (Å²) in [4.78, 5) is 9.98. The highest BCUT2D eigenvalue weighted by atomic mass is 15.3. The molecule has 3 fully saturated rings. The van der Waals surface area contributed by atoms with Crippen LogP contribution in [0, 0.1) is 11.8 Å². The molecule has 308 valence electrons. The van der Waals surface area contributed by atoms with Crippen LogP contribution in [0.25, 0.3) is 0 Å². The number of piperazine rings is 1. The van der Waals surface area contributed by atoms with Crippen molar-refractivity contribution in [2.45, 2.75) is 201 Å². The topological polar surface area (TPSA) is 13.0 Å². The molecule has 3 aliphatic rings. The predicted molar refractivity (Wildman–Crippen MR) is 250 cm³/mol. The van der Waals surface area contributed by atoms with Gasteiger partial charge in [0.1, 0.15) is 0 Å². The van der Waals surface area contributed by atoms with Gasteiger partial charge in [0.2, 0.25) is 0 Å². The van der Waals surface area contributed by atoms with E-state index in [4.69, 9.17) is 31.4 Å². The Balaban J connectivity index is 0.000000367. The maximum Gasteiger partial charge on any atom is 0.0949 e. The Kier molecular flexibility index (Phi) is 18.6. The lowest BCUT2D eigenvalue weighted by Gasteiger charge is -2.46. The largest absolute Gasteiger partial charge is 0.304 e. The van der Waals surface area contributed by atoms with E-state index in [1.807, 2.05) is 13.8 Å². The van der Waals surface area contributed by atoms with Gasteiger partial charge in [0.15, 0.2) is 0 Å². The zero-order valence-corrected chi connectivity index (χ0v) is 40.3. The highest BCUT2D eigenvalue weighted by Crippen LogP contribution is 2.40. The fourth-order valence-electron chi connectivity index (χ4n) is 7.62. The fraction of sp³-hybridized carbons (Fsp3) is 0.872. The van der Waals surface area contributed by atoms with E-state index >= 15 is 0 Å². The zero-order chi connectivity index (χ0) is 43.2. The van der Waals surface area contributed by atoms with Gasteiger partial charge in [0, 0.05) is 49.3 Å². The number of benzene rings is 1. The van der Waals surface area contributed by atoms with Gasteiger partial charge < -0.3 is 4.90 Å². The lowest BCUT2D eigenvalue weighted by molar-refractivity contribution is 0.0392. The van der Waals surface area contributed by atoms with Crippen molar-refractivity contribution in [2.24, 2.45) is 11.8 Å². The van der Waals surface area contributed by atoms with Crippen LogP contribution in [-0.2, 0) is 10.7 Å². The summed E-state index contributed by atoms with van der Waals surface area (Å²) in [7, 11) is 24.4. The molecule has 55 heavy (non-hydrogen) atoms. The number of hydrogen-bond acceptors (Lipinski definition) is 4. The second kappa shape index (κ2) is 19.6. The molecule has 4 nitrogen and oxygen atoms in total. The van der Waals surface area contributed by atoms with Crippen LogP contribution in [0.4, 0.5) is 0 Å². The highest BCUT2D eigenvalue weighted by Gasteiger charge is 2.36. The van der Waals surface area contributed by atoms with Crippen molar-refractivity contribution in [3.05, 3.63) is 35.4 Å². The van der Waals surface area contributed by atoms with Gasteiger partial charge >= 0.3 is 0 Å². The fourth-order valence-corrected chi connectivity index (χ4v) is 7.62. The van der Waals surface area contributed by atoms with E-state index < -0.39 is 0 Å². The minimum atomic E-state index is -0.240. The van der Waals surface area contributed by atoms with E-state index in [1.165, 1.54) is 50.0 Å². The molecule has 0 spiro atoms. The molecule has 0 saturated carbocycles. The molecule has 0 bridgehead atoms. The van der Waals surface area contributed by atoms with E-state index in [-0.39, 0.29) is 26.8 Å². The summed E-state index contributed by atoms with van der Waals surface area (Å²) in [5, 5.41) is -0.250. The van der Waals surface area contributed by atoms with Gasteiger partial charge in [0.05, 0.1) is 31.4 Å². The Morgan fingerprint density at radius 1 is 0.400 bits per heavy atom. The van der Waals surface area contributed by atoms with E-state index in [9.17, 15) is 0 Å². The van der Waals surface area contributed by atoms with Gasteiger partial charge in [-0.25, -0.2) is 0 Å². The first-order chi connectivity index (χ1) is 24.3. The molecule has 8 heteroatoms. The molecule has 1 aromatic rings. The lowest BCUT2D eigenvalue weighted by atomic mass is 9.60. The van der Waals surface area contributed by atoms with E-state index in [1.54, 1.807) is 0 Å². The summed E-state index contributed by atoms with van der Waals surface area (Å²) in [5.74, 6) is 1.35. The third-order valence-electron chi connectivity index (χ3n) is 12.2. The smallest absolute Gasteiger partial charge is 0.0949 e. The third kappa shape index (κ3) is 18.8. The average molecular weight is 752 g/mol. The maximum absolute atomic E-state index is 6.15. The van der Waals surface area contributed by atoms with Crippen molar-refractivity contribution < 1.29 is 0 Å². The molecule has 1 unspecified atom stereocenters. The summed E-state index contributed by atoms with van der Waals surface area (Å²) < 4.78 is 0. The summed E-state index contributed by atoms with van der Waals surface area (Å²) in [6.07, 6.45) is 3.75. The van der Waals surface area contributed by atoms with Crippen molar-refractivity contribution in [3.8, 4) is 0 Å². The first kappa shape index (κ1) is 52.3. The second-order valence-corrected chi connectivity index (χ2v) is 23.5. The molecule has 3 saturated heterocycles. The Bertz CT molecular complexity index is 1080. The van der Waals surface area contributed by atoms with E-state index in [2.05, 4.69) is 168 Å². The molecule has 4 rings (SSSR count). The molecule has 1 atom stereocenters. The monoisotopic (exact) mass is 753 g/mol. The molecule has 0 aromatic heterocycles. The average Bonchev–Trinajstić information content (AvgIpc) is 3.53. The Morgan fingerprint density at radius 3 is 0.982 bits per heavy atom. The molecular weight excluding hydrogens is 664 g/mol. The molecule has 1 aromatic carbocycles. The Morgan fingerprint density at radius 2 is 0.709 bits per heavy atom. The second-order valence-electron chi connectivity index (χ2n) is 23.5. The van der Waals surface area contributed by atoms with Crippen LogP contribution in [0.5, 0.6) is 0 Å². The van der Waals surface area contributed by atoms with Gasteiger partial charge in [-0.3, -0.25) is 14.7 Å². The molecule has 3 heterocycles. The van der Waals surface area contributed by atoms with Crippen LogP contribution in [0.15, 0.2) is 24.3 Å². The first-order valence-electron chi connectivity index (χ1n) is 21.6. The lowest BCUT2D eigenvalue weighted by Crippen LogP contribution is -2.58.